The van der Waals surface area contributed by atoms with Gasteiger partial charge >= 0.3 is 5.97 Å². The summed E-state index contributed by atoms with van der Waals surface area (Å²) in [6, 6.07) is 7.16. The second-order valence-electron chi connectivity index (χ2n) is 7.34. The molecule has 0 bridgehead atoms. The maximum atomic E-state index is 12.9. The van der Waals surface area contributed by atoms with E-state index in [2.05, 4.69) is 0 Å². The number of hydrogen-bond donors (Lipinski definition) is 1. The second kappa shape index (κ2) is 6.24. The lowest BCUT2D eigenvalue weighted by Crippen LogP contribution is -2.42. The van der Waals surface area contributed by atoms with Crippen molar-refractivity contribution >= 4 is 27.6 Å². The summed E-state index contributed by atoms with van der Waals surface area (Å²) in [4.78, 5) is 28.3. The van der Waals surface area contributed by atoms with Crippen molar-refractivity contribution in [1.29, 1.82) is 0 Å². The number of aliphatic carboxylic acids is 1. The second-order valence-corrected chi connectivity index (χ2v) is 9.33. The average molecular weight is 381 g/mol. The Morgan fingerprint density at radius 1 is 1.23 bits per heavy atom. The van der Waals surface area contributed by atoms with Crippen LogP contribution in [0.1, 0.15) is 10.4 Å². The van der Waals surface area contributed by atoms with Crippen molar-refractivity contribution in [3.63, 3.8) is 0 Å². The first kappa shape index (κ1) is 18.7. The molecule has 0 unspecified atom stereocenters. The van der Waals surface area contributed by atoms with Crippen molar-refractivity contribution in [2.75, 3.05) is 51.4 Å². The number of fused-ring (bicyclic) bond motifs is 1. The molecule has 26 heavy (non-hydrogen) atoms. The van der Waals surface area contributed by atoms with Crippen LogP contribution in [0.3, 0.4) is 0 Å². The van der Waals surface area contributed by atoms with E-state index in [-0.39, 0.29) is 32.1 Å². The van der Waals surface area contributed by atoms with Crippen LogP contribution in [0.4, 0.5) is 5.69 Å². The summed E-state index contributed by atoms with van der Waals surface area (Å²) in [5.74, 6) is -1.68. The van der Waals surface area contributed by atoms with E-state index in [9.17, 15) is 23.1 Å². The van der Waals surface area contributed by atoms with E-state index in [0.29, 0.717) is 5.56 Å². The molecule has 0 aliphatic carbocycles. The van der Waals surface area contributed by atoms with Gasteiger partial charge in [0.1, 0.15) is 5.41 Å². The minimum absolute atomic E-state index is 0.0179. The quantitative estimate of drug-likeness (QED) is 0.798. The summed E-state index contributed by atoms with van der Waals surface area (Å²) >= 11 is 0. The minimum Gasteiger partial charge on any atom is -0.481 e. The van der Waals surface area contributed by atoms with Crippen molar-refractivity contribution in [2.24, 2.45) is 11.3 Å². The summed E-state index contributed by atoms with van der Waals surface area (Å²) < 4.78 is 24.8. The third-order valence-electron chi connectivity index (χ3n) is 5.37. The van der Waals surface area contributed by atoms with Crippen LogP contribution in [-0.4, -0.2) is 81.1 Å². The lowest BCUT2D eigenvalue weighted by Gasteiger charge is -2.25. The smallest absolute Gasteiger partial charge is 0.313 e. The summed E-state index contributed by atoms with van der Waals surface area (Å²) in [5, 5.41) is 9.78. The molecule has 2 fully saturated rings. The van der Waals surface area contributed by atoms with Crippen LogP contribution in [0.2, 0.25) is 0 Å². The summed E-state index contributed by atoms with van der Waals surface area (Å²) in [5.41, 5.74) is 0.140. The van der Waals surface area contributed by atoms with Gasteiger partial charge in [-0.05, 0) is 18.2 Å². The van der Waals surface area contributed by atoms with Gasteiger partial charge in [0, 0.05) is 57.4 Å². The molecule has 1 N–H and O–H groups in total. The molecule has 0 saturated carbocycles. The van der Waals surface area contributed by atoms with Crippen LogP contribution >= 0.6 is 0 Å². The predicted molar refractivity (Wildman–Crippen MR) is 96.6 cm³/mol. The van der Waals surface area contributed by atoms with Gasteiger partial charge < -0.3 is 14.9 Å². The predicted octanol–water partition coefficient (Wildman–Crippen LogP) is 0.171. The lowest BCUT2D eigenvalue weighted by atomic mass is 9.81. The zero-order valence-corrected chi connectivity index (χ0v) is 15.9. The molecule has 1 amide bonds. The molecule has 2 heterocycles. The fourth-order valence-electron chi connectivity index (χ4n) is 3.83. The number of carbonyl (C=O) groups excluding carboxylic acids is 1. The molecule has 3 rings (SSSR count). The largest absolute Gasteiger partial charge is 0.481 e. The molecule has 0 radical (unpaired) electrons. The maximum absolute atomic E-state index is 12.9. The molecule has 2 aliphatic rings. The highest BCUT2D eigenvalue weighted by Crippen LogP contribution is 2.44. The molecule has 2 aliphatic heterocycles. The Labute approximate surface area is 153 Å². The van der Waals surface area contributed by atoms with E-state index in [4.69, 9.17) is 0 Å². The van der Waals surface area contributed by atoms with E-state index in [1.54, 1.807) is 18.2 Å². The van der Waals surface area contributed by atoms with Crippen molar-refractivity contribution in [3.05, 3.63) is 29.8 Å². The number of carbonyl (C=O) groups is 2. The number of amides is 1. The van der Waals surface area contributed by atoms with E-state index >= 15 is 0 Å². The van der Waals surface area contributed by atoms with Gasteiger partial charge in [-0.1, -0.05) is 6.07 Å². The van der Waals surface area contributed by atoms with Gasteiger partial charge in [-0.15, -0.1) is 0 Å². The SMILES string of the molecule is CN(C)c1cccc(C(=O)N2C[C@H]3CN(S(C)(=O)=O)C[C@@]3(C(=O)O)C2)c1. The van der Waals surface area contributed by atoms with Crippen LogP contribution in [0.25, 0.3) is 0 Å². The van der Waals surface area contributed by atoms with Crippen molar-refractivity contribution in [2.45, 2.75) is 0 Å². The molecule has 1 aromatic carbocycles. The number of rotatable bonds is 4. The molecule has 8 nitrogen and oxygen atoms in total. The summed E-state index contributed by atoms with van der Waals surface area (Å²) in [6.07, 6.45) is 1.08. The molecular formula is C17H23N3O5S. The number of likely N-dealkylation sites (tertiary alicyclic amines) is 1. The number of sulfonamides is 1. The van der Waals surface area contributed by atoms with Gasteiger partial charge in [-0.2, -0.15) is 0 Å². The van der Waals surface area contributed by atoms with Crippen molar-refractivity contribution in [1.82, 2.24) is 9.21 Å². The fourth-order valence-corrected chi connectivity index (χ4v) is 4.74. The third kappa shape index (κ3) is 3.05. The number of anilines is 1. The summed E-state index contributed by atoms with van der Waals surface area (Å²) in [7, 11) is 0.296. The number of hydrogen-bond acceptors (Lipinski definition) is 5. The first-order chi connectivity index (χ1) is 12.0. The first-order valence-electron chi connectivity index (χ1n) is 8.30. The van der Waals surface area contributed by atoms with Crippen LogP contribution in [0.15, 0.2) is 24.3 Å². The zero-order valence-electron chi connectivity index (χ0n) is 15.0. The Kier molecular flexibility index (Phi) is 4.48. The van der Waals surface area contributed by atoms with Crippen LogP contribution < -0.4 is 4.90 Å². The highest BCUT2D eigenvalue weighted by atomic mass is 32.2. The minimum atomic E-state index is -3.46. The van der Waals surface area contributed by atoms with Gasteiger partial charge in [0.2, 0.25) is 10.0 Å². The Morgan fingerprint density at radius 3 is 2.46 bits per heavy atom. The molecule has 2 saturated heterocycles. The van der Waals surface area contributed by atoms with Gasteiger partial charge in [-0.25, -0.2) is 12.7 Å². The van der Waals surface area contributed by atoms with Crippen LogP contribution in [0, 0.1) is 11.3 Å². The number of carboxylic acid groups (broad SMARTS) is 1. The molecule has 142 valence electrons. The Balaban J connectivity index is 1.85. The fraction of sp³-hybridized carbons (Fsp3) is 0.529. The van der Waals surface area contributed by atoms with E-state index in [1.165, 1.54) is 9.21 Å². The van der Waals surface area contributed by atoms with Gasteiger partial charge in [0.15, 0.2) is 0 Å². The normalized spacial score (nSPS) is 26.0. The Hall–Kier alpha value is -2.13. The highest BCUT2D eigenvalue weighted by Gasteiger charge is 2.60. The van der Waals surface area contributed by atoms with Gasteiger partial charge in [0.05, 0.1) is 6.26 Å². The first-order valence-corrected chi connectivity index (χ1v) is 10.1. The number of carboxylic acids is 1. The Morgan fingerprint density at radius 2 is 1.92 bits per heavy atom. The highest BCUT2D eigenvalue weighted by molar-refractivity contribution is 7.88. The molecular weight excluding hydrogens is 358 g/mol. The molecule has 2 atom stereocenters. The van der Waals surface area contributed by atoms with E-state index in [1.807, 2.05) is 25.1 Å². The maximum Gasteiger partial charge on any atom is 0.313 e. The van der Waals surface area contributed by atoms with E-state index in [0.717, 1.165) is 11.9 Å². The van der Waals surface area contributed by atoms with Crippen molar-refractivity contribution in [3.8, 4) is 0 Å². The zero-order chi connectivity index (χ0) is 19.3. The van der Waals surface area contributed by atoms with Crippen LogP contribution in [0.5, 0.6) is 0 Å². The van der Waals surface area contributed by atoms with Gasteiger partial charge in [-0.3, -0.25) is 9.59 Å². The molecule has 0 spiro atoms. The monoisotopic (exact) mass is 381 g/mol. The molecule has 1 aromatic rings. The standard InChI is InChI=1S/C17H23N3O5S/c1-18(2)14-6-4-5-12(7-14)15(21)19-8-13-9-20(26(3,24)25)11-17(13,10-19)16(22)23/h4-7,13H,8-11H2,1-3H3,(H,22,23)/t13-,17-/m0/s1. The summed E-state index contributed by atoms with van der Waals surface area (Å²) in [6.45, 7) is 0.299. The molecule has 0 aromatic heterocycles. The number of nitrogens with zero attached hydrogens (tertiary/aromatic N) is 3. The topological polar surface area (TPSA) is 98.2 Å². The van der Waals surface area contributed by atoms with Crippen molar-refractivity contribution < 1.29 is 23.1 Å². The van der Waals surface area contributed by atoms with E-state index < -0.39 is 27.3 Å². The average Bonchev–Trinajstić information content (AvgIpc) is 3.09. The Bertz CT molecular complexity index is 854. The third-order valence-corrected chi connectivity index (χ3v) is 6.59. The number of benzene rings is 1. The molecule has 9 heteroatoms. The lowest BCUT2D eigenvalue weighted by molar-refractivity contribution is -0.148. The van der Waals surface area contributed by atoms with Gasteiger partial charge in [0.25, 0.3) is 5.91 Å². The van der Waals surface area contributed by atoms with Crippen LogP contribution in [-0.2, 0) is 14.8 Å².